The van der Waals surface area contributed by atoms with Crippen molar-refractivity contribution in [2.24, 2.45) is 0 Å². The molecule has 0 atom stereocenters. The average molecular weight is 177 g/mol. The lowest BCUT2D eigenvalue weighted by Gasteiger charge is -1.97. The first-order chi connectivity index (χ1) is 6.35. The van der Waals surface area contributed by atoms with Gasteiger partial charge in [-0.3, -0.25) is 5.10 Å². The van der Waals surface area contributed by atoms with Crippen molar-refractivity contribution in [1.29, 1.82) is 0 Å². The van der Waals surface area contributed by atoms with Crippen LogP contribution in [0, 0.1) is 0 Å². The number of hydrogen-bond donors (Lipinski definition) is 1. The summed E-state index contributed by atoms with van der Waals surface area (Å²) in [6.45, 7) is 2.08. The van der Waals surface area contributed by atoms with E-state index in [4.69, 9.17) is 4.74 Å². The van der Waals surface area contributed by atoms with E-state index in [1.807, 2.05) is 6.07 Å². The Kier molecular flexibility index (Phi) is 1.88. The minimum atomic E-state index is 0.628. The molecule has 0 aliphatic heterocycles. The van der Waals surface area contributed by atoms with Crippen LogP contribution in [0.5, 0.6) is 5.88 Å². The quantitative estimate of drug-likeness (QED) is 0.756. The Morgan fingerprint density at radius 2 is 2.38 bits per heavy atom. The molecule has 0 bridgehead atoms. The third kappa shape index (κ3) is 1.24. The molecule has 0 amide bonds. The maximum atomic E-state index is 5.04. The second-order valence-corrected chi connectivity index (χ2v) is 2.80. The number of pyridine rings is 1. The monoisotopic (exact) mass is 177 g/mol. The molecule has 0 spiro atoms. The van der Waals surface area contributed by atoms with Crippen molar-refractivity contribution in [3.63, 3.8) is 0 Å². The molecule has 68 valence electrons. The van der Waals surface area contributed by atoms with Crippen molar-refractivity contribution in [1.82, 2.24) is 15.2 Å². The first kappa shape index (κ1) is 8.04. The molecule has 0 saturated heterocycles. The van der Waals surface area contributed by atoms with Crippen LogP contribution in [0.25, 0.3) is 10.9 Å². The van der Waals surface area contributed by atoms with Crippen molar-refractivity contribution < 1.29 is 4.74 Å². The number of aromatic nitrogens is 3. The van der Waals surface area contributed by atoms with Gasteiger partial charge in [0.05, 0.1) is 13.3 Å². The molecule has 0 saturated carbocycles. The van der Waals surface area contributed by atoms with E-state index in [1.54, 1.807) is 13.3 Å². The first-order valence-electron chi connectivity index (χ1n) is 4.22. The number of aryl methyl sites for hydroxylation is 1. The largest absolute Gasteiger partial charge is 0.481 e. The molecule has 4 heteroatoms. The minimum Gasteiger partial charge on any atom is -0.481 e. The van der Waals surface area contributed by atoms with Gasteiger partial charge in [0, 0.05) is 17.1 Å². The third-order valence-electron chi connectivity index (χ3n) is 2.06. The van der Waals surface area contributed by atoms with Crippen molar-refractivity contribution in [3.8, 4) is 5.88 Å². The van der Waals surface area contributed by atoms with Crippen LogP contribution in [-0.4, -0.2) is 22.3 Å². The smallest absolute Gasteiger partial charge is 0.213 e. The second kappa shape index (κ2) is 3.05. The van der Waals surface area contributed by atoms with Crippen LogP contribution in [0.15, 0.2) is 12.3 Å². The highest BCUT2D eigenvalue weighted by molar-refractivity contribution is 5.81. The van der Waals surface area contributed by atoms with Gasteiger partial charge >= 0.3 is 0 Å². The van der Waals surface area contributed by atoms with E-state index in [0.29, 0.717) is 5.88 Å². The van der Waals surface area contributed by atoms with Crippen molar-refractivity contribution in [3.05, 3.63) is 18.0 Å². The standard InChI is InChI=1S/C9H11N3O/c1-3-7-6-4-9(13-2)10-5-8(6)12-11-7/h4-5H,3H2,1-2H3,(H,11,12). The average Bonchev–Trinajstić information content (AvgIpc) is 2.59. The SMILES string of the molecule is CCc1[nH]nc2cnc(OC)cc12. The van der Waals surface area contributed by atoms with E-state index in [1.165, 1.54) is 0 Å². The van der Waals surface area contributed by atoms with Crippen LogP contribution in [0.1, 0.15) is 12.6 Å². The summed E-state index contributed by atoms with van der Waals surface area (Å²) in [6.07, 6.45) is 2.65. The summed E-state index contributed by atoms with van der Waals surface area (Å²) >= 11 is 0. The Morgan fingerprint density at radius 1 is 1.54 bits per heavy atom. The maximum absolute atomic E-state index is 5.04. The van der Waals surface area contributed by atoms with Gasteiger partial charge in [-0.1, -0.05) is 6.92 Å². The number of nitrogens with zero attached hydrogens (tertiary/aromatic N) is 2. The number of methoxy groups -OCH3 is 1. The zero-order valence-corrected chi connectivity index (χ0v) is 7.66. The van der Waals surface area contributed by atoms with Crippen molar-refractivity contribution in [2.45, 2.75) is 13.3 Å². The molecule has 0 aromatic carbocycles. The zero-order chi connectivity index (χ0) is 9.26. The number of H-pyrrole nitrogens is 1. The number of hydrogen-bond acceptors (Lipinski definition) is 3. The number of nitrogens with one attached hydrogen (secondary N) is 1. The molecular weight excluding hydrogens is 166 g/mol. The Morgan fingerprint density at radius 3 is 3.08 bits per heavy atom. The zero-order valence-electron chi connectivity index (χ0n) is 7.66. The number of fused-ring (bicyclic) bond motifs is 1. The van der Waals surface area contributed by atoms with Gasteiger partial charge < -0.3 is 4.74 Å². The van der Waals surface area contributed by atoms with E-state index >= 15 is 0 Å². The van der Waals surface area contributed by atoms with Gasteiger partial charge in [-0.2, -0.15) is 5.10 Å². The van der Waals surface area contributed by atoms with Gasteiger partial charge in [0.1, 0.15) is 5.52 Å². The third-order valence-corrected chi connectivity index (χ3v) is 2.06. The number of ether oxygens (including phenoxy) is 1. The lowest BCUT2D eigenvalue weighted by atomic mass is 10.2. The van der Waals surface area contributed by atoms with Gasteiger partial charge in [-0.25, -0.2) is 4.98 Å². The van der Waals surface area contributed by atoms with Gasteiger partial charge in [0.25, 0.3) is 0 Å². The number of rotatable bonds is 2. The molecule has 0 aliphatic rings. The summed E-state index contributed by atoms with van der Waals surface area (Å²) in [5.41, 5.74) is 2.01. The van der Waals surface area contributed by atoms with E-state index in [-0.39, 0.29) is 0 Å². The molecular formula is C9H11N3O. The molecule has 0 radical (unpaired) electrons. The minimum absolute atomic E-state index is 0.628. The molecule has 4 nitrogen and oxygen atoms in total. The number of aromatic amines is 1. The second-order valence-electron chi connectivity index (χ2n) is 2.80. The molecule has 1 N–H and O–H groups in total. The summed E-state index contributed by atoms with van der Waals surface area (Å²) in [5, 5.41) is 8.18. The van der Waals surface area contributed by atoms with Gasteiger partial charge in [0.2, 0.25) is 5.88 Å². The molecule has 0 fully saturated rings. The van der Waals surface area contributed by atoms with Gasteiger partial charge in [0.15, 0.2) is 0 Å². The van der Waals surface area contributed by atoms with E-state index in [2.05, 4.69) is 22.1 Å². The molecule has 13 heavy (non-hydrogen) atoms. The summed E-state index contributed by atoms with van der Waals surface area (Å²) in [7, 11) is 1.61. The molecule has 2 rings (SSSR count). The van der Waals surface area contributed by atoms with E-state index in [9.17, 15) is 0 Å². The fourth-order valence-electron chi connectivity index (χ4n) is 1.33. The van der Waals surface area contributed by atoms with Crippen LogP contribution in [0.3, 0.4) is 0 Å². The maximum Gasteiger partial charge on any atom is 0.213 e. The van der Waals surface area contributed by atoms with Crippen LogP contribution in [0.4, 0.5) is 0 Å². The Balaban J connectivity index is 2.64. The Hall–Kier alpha value is -1.58. The van der Waals surface area contributed by atoms with Crippen molar-refractivity contribution >= 4 is 10.9 Å². The lowest BCUT2D eigenvalue weighted by molar-refractivity contribution is 0.398. The predicted molar refractivity (Wildman–Crippen MR) is 49.8 cm³/mol. The van der Waals surface area contributed by atoms with Gasteiger partial charge in [-0.05, 0) is 6.42 Å². The Bertz CT molecular complexity index is 422. The topological polar surface area (TPSA) is 50.8 Å². The molecule has 0 unspecified atom stereocenters. The first-order valence-corrected chi connectivity index (χ1v) is 4.22. The summed E-state index contributed by atoms with van der Waals surface area (Å²) in [4.78, 5) is 4.07. The van der Waals surface area contributed by atoms with Crippen LogP contribution >= 0.6 is 0 Å². The highest BCUT2D eigenvalue weighted by Crippen LogP contribution is 2.19. The predicted octanol–water partition coefficient (Wildman–Crippen LogP) is 1.53. The Labute approximate surface area is 75.9 Å². The highest BCUT2D eigenvalue weighted by atomic mass is 16.5. The fraction of sp³-hybridized carbons (Fsp3) is 0.333. The van der Waals surface area contributed by atoms with Crippen molar-refractivity contribution in [2.75, 3.05) is 7.11 Å². The molecule has 2 heterocycles. The van der Waals surface area contributed by atoms with E-state index in [0.717, 1.165) is 23.0 Å². The normalized spacial score (nSPS) is 10.6. The van der Waals surface area contributed by atoms with Crippen LogP contribution in [-0.2, 0) is 6.42 Å². The lowest BCUT2D eigenvalue weighted by Crippen LogP contribution is -1.86. The summed E-state index contributed by atoms with van der Waals surface area (Å²) in [6, 6.07) is 1.90. The summed E-state index contributed by atoms with van der Waals surface area (Å²) in [5.74, 6) is 0.628. The fourth-order valence-corrected chi connectivity index (χ4v) is 1.33. The highest BCUT2D eigenvalue weighted by Gasteiger charge is 2.04. The molecule has 2 aromatic rings. The molecule has 2 aromatic heterocycles. The molecule has 0 aliphatic carbocycles. The van der Waals surface area contributed by atoms with Crippen LogP contribution in [0.2, 0.25) is 0 Å². The van der Waals surface area contributed by atoms with Crippen LogP contribution < -0.4 is 4.74 Å². The van der Waals surface area contributed by atoms with E-state index < -0.39 is 0 Å². The van der Waals surface area contributed by atoms with Gasteiger partial charge in [-0.15, -0.1) is 0 Å². The summed E-state index contributed by atoms with van der Waals surface area (Å²) < 4.78 is 5.04.